The highest BCUT2D eigenvalue weighted by Gasteiger charge is 2.35. The van der Waals surface area contributed by atoms with Crippen molar-refractivity contribution in [3.8, 4) is 11.6 Å². The molecule has 0 spiro atoms. The lowest BCUT2D eigenvalue weighted by Gasteiger charge is -2.37. The third-order valence-corrected chi connectivity index (χ3v) is 9.44. The molecule has 2 fully saturated rings. The summed E-state index contributed by atoms with van der Waals surface area (Å²) in [6.07, 6.45) is 7.01. The SMILES string of the molecule is CCOC(=O)CC(c1ccnc(OC(C)C2CCN(c3cc(OC)ccc3C(=O)Nc3nc(C)ccc3CC(C)(C)C)CC2)c1)C1CC1. The van der Waals surface area contributed by atoms with Crippen molar-refractivity contribution in [2.75, 3.05) is 37.0 Å². The number of ether oxygens (including phenoxy) is 3. The molecule has 3 aromatic rings. The Labute approximate surface area is 285 Å². The van der Waals surface area contributed by atoms with Crippen LogP contribution in [0.3, 0.4) is 0 Å². The lowest BCUT2D eigenvalue weighted by Crippen LogP contribution is -2.39. The number of carbonyl (C=O) groups excluding carboxylic acids is 2. The third kappa shape index (κ3) is 9.26. The Morgan fingerprint density at radius 2 is 1.77 bits per heavy atom. The number of carbonyl (C=O) groups is 2. The van der Waals surface area contributed by atoms with Crippen molar-refractivity contribution in [3.05, 3.63) is 71.0 Å². The molecule has 1 saturated heterocycles. The number of esters is 1. The van der Waals surface area contributed by atoms with Crippen LogP contribution < -0.4 is 19.7 Å². The van der Waals surface area contributed by atoms with E-state index in [4.69, 9.17) is 19.2 Å². The third-order valence-electron chi connectivity index (χ3n) is 9.44. The van der Waals surface area contributed by atoms with E-state index in [-0.39, 0.29) is 29.3 Å². The highest BCUT2D eigenvalue weighted by atomic mass is 16.5. The number of nitrogens with zero attached hydrogens (tertiary/aromatic N) is 3. The van der Waals surface area contributed by atoms with Crippen LogP contribution in [0.2, 0.25) is 0 Å². The first-order valence-electron chi connectivity index (χ1n) is 17.4. The summed E-state index contributed by atoms with van der Waals surface area (Å²) >= 11 is 0. The molecule has 0 bridgehead atoms. The molecule has 1 saturated carbocycles. The van der Waals surface area contributed by atoms with E-state index in [1.165, 1.54) is 0 Å². The first kappa shape index (κ1) is 35.2. The van der Waals surface area contributed by atoms with Gasteiger partial charge in [0.05, 0.1) is 31.4 Å². The van der Waals surface area contributed by atoms with Gasteiger partial charge in [-0.1, -0.05) is 26.8 Å². The topological polar surface area (TPSA) is 103 Å². The first-order valence-corrected chi connectivity index (χ1v) is 17.4. The molecule has 2 aromatic heterocycles. The van der Waals surface area contributed by atoms with Crippen LogP contribution in [-0.4, -0.2) is 54.8 Å². The molecule has 2 aliphatic rings. The second-order valence-electron chi connectivity index (χ2n) is 14.6. The van der Waals surface area contributed by atoms with E-state index in [0.29, 0.717) is 47.9 Å². The number of aromatic nitrogens is 2. The fourth-order valence-corrected chi connectivity index (χ4v) is 6.75. The highest BCUT2D eigenvalue weighted by molar-refractivity contribution is 6.08. The second-order valence-corrected chi connectivity index (χ2v) is 14.6. The van der Waals surface area contributed by atoms with E-state index in [1.54, 1.807) is 13.3 Å². The van der Waals surface area contributed by atoms with Gasteiger partial charge in [-0.2, -0.15) is 0 Å². The van der Waals surface area contributed by atoms with Gasteiger partial charge in [0.25, 0.3) is 5.91 Å². The van der Waals surface area contributed by atoms with E-state index < -0.39 is 0 Å². The minimum atomic E-state index is -0.182. The molecule has 9 heteroatoms. The summed E-state index contributed by atoms with van der Waals surface area (Å²) in [5, 5.41) is 3.13. The summed E-state index contributed by atoms with van der Waals surface area (Å²) < 4.78 is 17.2. The number of nitrogens with one attached hydrogen (secondary N) is 1. The maximum absolute atomic E-state index is 13.8. The van der Waals surface area contributed by atoms with Crippen molar-refractivity contribution >= 4 is 23.4 Å². The number of hydrogen-bond acceptors (Lipinski definition) is 8. The van der Waals surface area contributed by atoms with E-state index >= 15 is 0 Å². The summed E-state index contributed by atoms with van der Waals surface area (Å²) in [7, 11) is 1.65. The average Bonchev–Trinajstić information content (AvgIpc) is 3.90. The lowest BCUT2D eigenvalue weighted by atomic mass is 9.88. The molecule has 1 N–H and O–H groups in total. The monoisotopic (exact) mass is 656 g/mol. The Kier molecular flexibility index (Phi) is 11.3. The summed E-state index contributed by atoms with van der Waals surface area (Å²) in [6, 6.07) is 13.7. The Balaban J connectivity index is 1.25. The molecular formula is C39H52N4O5. The van der Waals surface area contributed by atoms with Crippen molar-refractivity contribution in [2.24, 2.45) is 17.3 Å². The van der Waals surface area contributed by atoms with Crippen LogP contribution in [0, 0.1) is 24.2 Å². The van der Waals surface area contributed by atoms with Crippen LogP contribution in [0.25, 0.3) is 0 Å². The number of aryl methyl sites for hydroxylation is 1. The lowest BCUT2D eigenvalue weighted by molar-refractivity contribution is -0.143. The molecule has 0 radical (unpaired) electrons. The fourth-order valence-electron chi connectivity index (χ4n) is 6.75. The number of anilines is 2. The summed E-state index contributed by atoms with van der Waals surface area (Å²) in [4.78, 5) is 37.6. The van der Waals surface area contributed by atoms with Crippen LogP contribution in [0.1, 0.15) is 99.8 Å². The summed E-state index contributed by atoms with van der Waals surface area (Å²) in [5.74, 6) is 2.55. The van der Waals surface area contributed by atoms with Crippen LogP contribution in [-0.2, 0) is 16.0 Å². The quantitative estimate of drug-likeness (QED) is 0.186. The molecule has 1 aliphatic carbocycles. The Morgan fingerprint density at radius 1 is 1.02 bits per heavy atom. The Hall–Kier alpha value is -4.14. The number of pyridine rings is 2. The van der Waals surface area contributed by atoms with Crippen molar-refractivity contribution in [1.82, 2.24) is 9.97 Å². The normalized spacial score (nSPS) is 16.6. The molecule has 48 heavy (non-hydrogen) atoms. The van der Waals surface area contributed by atoms with Gasteiger partial charge < -0.3 is 24.4 Å². The van der Waals surface area contributed by atoms with Gasteiger partial charge in [0.1, 0.15) is 17.7 Å². The Morgan fingerprint density at radius 3 is 2.44 bits per heavy atom. The van der Waals surface area contributed by atoms with Gasteiger partial charge in [0.15, 0.2) is 0 Å². The first-order chi connectivity index (χ1) is 22.9. The van der Waals surface area contributed by atoms with E-state index in [2.05, 4.69) is 49.0 Å². The number of hydrogen-bond donors (Lipinski definition) is 1. The van der Waals surface area contributed by atoms with Crippen molar-refractivity contribution in [1.29, 1.82) is 0 Å². The van der Waals surface area contributed by atoms with Gasteiger partial charge >= 0.3 is 5.97 Å². The highest BCUT2D eigenvalue weighted by Crippen LogP contribution is 2.45. The standard InChI is InChI=1S/C39H52N4O5/c1-8-47-36(44)23-33(28-11-12-28)29-15-18-40-35(21-29)48-26(3)27-16-19-43(20-17-27)34-22-31(46-7)13-14-32(34)38(45)42-37-30(24-39(4,5)6)10-9-25(2)41-37/h9-10,13-15,18,21-22,26-28,33H,8,11-12,16-17,19-20,23-24H2,1-7H3,(H,41,42,45). The number of rotatable bonds is 13. The molecular weight excluding hydrogens is 604 g/mol. The molecule has 3 heterocycles. The van der Waals surface area contributed by atoms with Crippen molar-refractivity contribution < 1.29 is 23.8 Å². The smallest absolute Gasteiger partial charge is 0.306 e. The van der Waals surface area contributed by atoms with Gasteiger partial charge in [-0.05, 0) is 111 Å². The minimum absolute atomic E-state index is 0.0407. The average molecular weight is 657 g/mol. The molecule has 1 amide bonds. The van der Waals surface area contributed by atoms with Crippen LogP contribution in [0.4, 0.5) is 11.5 Å². The largest absolute Gasteiger partial charge is 0.497 e. The number of piperidine rings is 1. The summed E-state index contributed by atoms with van der Waals surface area (Å²) in [6.45, 7) is 14.4. The molecule has 2 unspecified atom stereocenters. The predicted molar refractivity (Wildman–Crippen MR) is 189 cm³/mol. The van der Waals surface area contributed by atoms with Gasteiger partial charge in [-0.3, -0.25) is 9.59 Å². The second kappa shape index (κ2) is 15.4. The van der Waals surface area contributed by atoms with Gasteiger partial charge in [-0.25, -0.2) is 9.97 Å². The van der Waals surface area contributed by atoms with Crippen LogP contribution >= 0.6 is 0 Å². The molecule has 2 atom stereocenters. The molecule has 258 valence electrons. The Bertz CT molecular complexity index is 1570. The maximum atomic E-state index is 13.8. The van der Waals surface area contributed by atoms with E-state index in [9.17, 15) is 9.59 Å². The van der Waals surface area contributed by atoms with Gasteiger partial charge in [0, 0.05) is 37.1 Å². The van der Waals surface area contributed by atoms with Crippen molar-refractivity contribution in [2.45, 2.75) is 92.1 Å². The van der Waals surface area contributed by atoms with Gasteiger partial charge in [0.2, 0.25) is 5.88 Å². The van der Waals surface area contributed by atoms with E-state index in [0.717, 1.165) is 67.7 Å². The van der Waals surface area contributed by atoms with Crippen LogP contribution in [0.5, 0.6) is 11.6 Å². The van der Waals surface area contributed by atoms with Gasteiger partial charge in [-0.15, -0.1) is 0 Å². The predicted octanol–water partition coefficient (Wildman–Crippen LogP) is 7.77. The van der Waals surface area contributed by atoms with Crippen LogP contribution in [0.15, 0.2) is 48.7 Å². The zero-order chi connectivity index (χ0) is 34.4. The van der Waals surface area contributed by atoms with Crippen molar-refractivity contribution in [3.63, 3.8) is 0 Å². The zero-order valence-electron chi connectivity index (χ0n) is 29.7. The number of benzene rings is 1. The number of methoxy groups -OCH3 is 1. The summed E-state index contributed by atoms with van der Waals surface area (Å²) in [5.41, 5.74) is 4.47. The fraction of sp³-hybridized carbons (Fsp3) is 0.538. The maximum Gasteiger partial charge on any atom is 0.306 e. The minimum Gasteiger partial charge on any atom is -0.497 e. The molecule has 1 aromatic carbocycles. The molecule has 1 aliphatic heterocycles. The molecule has 5 rings (SSSR count). The number of amides is 1. The van der Waals surface area contributed by atoms with E-state index in [1.807, 2.05) is 50.2 Å². The molecule has 9 nitrogen and oxygen atoms in total. The zero-order valence-corrected chi connectivity index (χ0v) is 29.7.